The van der Waals surface area contributed by atoms with E-state index in [0.29, 0.717) is 18.0 Å². The van der Waals surface area contributed by atoms with Crippen LogP contribution in [0.5, 0.6) is 0 Å². The van der Waals surface area contributed by atoms with Gasteiger partial charge in [-0.2, -0.15) is 0 Å². The molecule has 2 atom stereocenters. The Balaban J connectivity index is 2.66. The van der Waals surface area contributed by atoms with Gasteiger partial charge in [-0.05, 0) is 31.4 Å². The molecule has 1 aromatic carbocycles. The van der Waals surface area contributed by atoms with E-state index in [0.717, 1.165) is 18.9 Å². The van der Waals surface area contributed by atoms with E-state index >= 15 is 0 Å². The highest BCUT2D eigenvalue weighted by molar-refractivity contribution is 5.40. The summed E-state index contributed by atoms with van der Waals surface area (Å²) in [5.41, 5.74) is 0.352. The molecule has 0 amide bonds. The van der Waals surface area contributed by atoms with Crippen LogP contribution in [0.4, 0.5) is 10.1 Å². The van der Waals surface area contributed by atoms with Gasteiger partial charge in [-0.1, -0.05) is 20.3 Å². The highest BCUT2D eigenvalue weighted by Gasteiger charge is 2.15. The summed E-state index contributed by atoms with van der Waals surface area (Å²) in [6, 6.07) is 3.80. The number of nitrogens with zero attached hydrogens (tertiary/aromatic N) is 1. The van der Waals surface area contributed by atoms with Crippen molar-refractivity contribution in [2.24, 2.45) is 5.92 Å². The molecule has 1 N–H and O–H groups in total. The first kappa shape index (κ1) is 15.6. The van der Waals surface area contributed by atoms with E-state index in [2.05, 4.69) is 19.2 Å². The summed E-state index contributed by atoms with van der Waals surface area (Å²) in [7, 11) is 0. The third-order valence-electron chi connectivity index (χ3n) is 3.33. The lowest BCUT2D eigenvalue weighted by atomic mass is 10.0. The zero-order valence-electron chi connectivity index (χ0n) is 11.6. The molecule has 0 aliphatic rings. The summed E-state index contributed by atoms with van der Waals surface area (Å²) >= 11 is 0. The second-order valence-electron chi connectivity index (χ2n) is 5.06. The Morgan fingerprint density at radius 1 is 1.42 bits per heavy atom. The molecule has 0 saturated carbocycles. The maximum Gasteiger partial charge on any atom is 0.274 e. The van der Waals surface area contributed by atoms with Crippen molar-refractivity contribution in [2.45, 2.75) is 46.2 Å². The van der Waals surface area contributed by atoms with Gasteiger partial charge in [0.2, 0.25) is 0 Å². The molecule has 0 aromatic heterocycles. The number of hydrogen-bond acceptors (Lipinski definition) is 3. The van der Waals surface area contributed by atoms with E-state index in [1.165, 1.54) is 12.1 Å². The van der Waals surface area contributed by atoms with Crippen LogP contribution in [0.2, 0.25) is 0 Å². The highest BCUT2D eigenvalue weighted by Crippen LogP contribution is 2.20. The van der Waals surface area contributed by atoms with E-state index < -0.39 is 10.7 Å². The quantitative estimate of drug-likeness (QED) is 0.606. The Morgan fingerprint density at radius 3 is 2.68 bits per heavy atom. The average molecular weight is 268 g/mol. The monoisotopic (exact) mass is 268 g/mol. The van der Waals surface area contributed by atoms with Crippen molar-refractivity contribution >= 4 is 5.69 Å². The summed E-state index contributed by atoms with van der Waals surface area (Å²) in [4.78, 5) is 10.4. The van der Waals surface area contributed by atoms with Crippen molar-refractivity contribution in [1.29, 1.82) is 0 Å². The maximum atomic E-state index is 13.1. The summed E-state index contributed by atoms with van der Waals surface area (Å²) in [5.74, 6) is 0.155. The fourth-order valence-corrected chi connectivity index (χ4v) is 2.01. The Morgan fingerprint density at radius 2 is 2.11 bits per heavy atom. The molecule has 1 rings (SSSR count). The Labute approximate surface area is 113 Å². The SMILES string of the molecule is CCC(C)CC(C)NCc1cc(F)ccc1[N+](=O)[O-]. The molecule has 0 heterocycles. The summed E-state index contributed by atoms with van der Waals surface area (Å²) in [6.07, 6.45) is 2.10. The molecular formula is C14H21FN2O2. The molecule has 4 nitrogen and oxygen atoms in total. The van der Waals surface area contributed by atoms with E-state index in [1.807, 2.05) is 6.92 Å². The zero-order chi connectivity index (χ0) is 14.4. The molecule has 0 fully saturated rings. The van der Waals surface area contributed by atoms with Gasteiger partial charge in [-0.3, -0.25) is 10.1 Å². The van der Waals surface area contributed by atoms with Gasteiger partial charge in [0.25, 0.3) is 5.69 Å². The Hall–Kier alpha value is -1.49. The smallest absolute Gasteiger partial charge is 0.274 e. The first-order chi connectivity index (χ1) is 8.93. The highest BCUT2D eigenvalue weighted by atomic mass is 19.1. The summed E-state index contributed by atoms with van der Waals surface area (Å²) in [6.45, 7) is 6.65. The molecule has 106 valence electrons. The minimum absolute atomic E-state index is 0.0374. The van der Waals surface area contributed by atoms with Gasteiger partial charge < -0.3 is 5.32 Å². The number of nitro benzene ring substituents is 1. The first-order valence-electron chi connectivity index (χ1n) is 6.60. The number of benzene rings is 1. The van der Waals surface area contributed by atoms with E-state index in [4.69, 9.17) is 0 Å². The van der Waals surface area contributed by atoms with Crippen molar-refractivity contribution in [3.05, 3.63) is 39.7 Å². The van der Waals surface area contributed by atoms with Crippen molar-refractivity contribution in [2.75, 3.05) is 0 Å². The van der Waals surface area contributed by atoms with E-state index in [1.54, 1.807) is 0 Å². The molecule has 1 aromatic rings. The second kappa shape index (κ2) is 7.19. The molecule has 0 saturated heterocycles. The lowest BCUT2D eigenvalue weighted by molar-refractivity contribution is -0.385. The summed E-state index contributed by atoms with van der Waals surface area (Å²) < 4.78 is 13.1. The molecule has 0 bridgehead atoms. The van der Waals surface area contributed by atoms with Gasteiger partial charge in [0.1, 0.15) is 5.82 Å². The topological polar surface area (TPSA) is 55.2 Å². The number of nitro groups is 1. The van der Waals surface area contributed by atoms with Crippen LogP contribution in [0.3, 0.4) is 0 Å². The third-order valence-corrected chi connectivity index (χ3v) is 3.33. The first-order valence-corrected chi connectivity index (χ1v) is 6.60. The predicted molar refractivity (Wildman–Crippen MR) is 73.4 cm³/mol. The second-order valence-corrected chi connectivity index (χ2v) is 5.06. The van der Waals surface area contributed by atoms with E-state index in [9.17, 15) is 14.5 Å². The number of rotatable bonds is 7. The van der Waals surface area contributed by atoms with Crippen molar-refractivity contribution in [3.63, 3.8) is 0 Å². The van der Waals surface area contributed by atoms with Crippen molar-refractivity contribution in [3.8, 4) is 0 Å². The minimum Gasteiger partial charge on any atom is -0.310 e. The maximum absolute atomic E-state index is 13.1. The lowest BCUT2D eigenvalue weighted by Crippen LogP contribution is -2.27. The van der Waals surface area contributed by atoms with Gasteiger partial charge in [-0.15, -0.1) is 0 Å². The van der Waals surface area contributed by atoms with Crippen LogP contribution in [0, 0.1) is 21.8 Å². The third kappa shape index (κ3) is 4.95. The fourth-order valence-electron chi connectivity index (χ4n) is 2.01. The van der Waals surface area contributed by atoms with Crippen molar-refractivity contribution < 1.29 is 9.31 Å². The molecule has 5 heteroatoms. The number of nitrogens with one attached hydrogen (secondary N) is 1. The van der Waals surface area contributed by atoms with Crippen LogP contribution >= 0.6 is 0 Å². The summed E-state index contributed by atoms with van der Waals surface area (Å²) in [5, 5.41) is 14.1. The van der Waals surface area contributed by atoms with Crippen LogP contribution in [-0.2, 0) is 6.54 Å². The number of hydrogen-bond donors (Lipinski definition) is 1. The molecule has 0 radical (unpaired) electrons. The fraction of sp³-hybridized carbons (Fsp3) is 0.571. The van der Waals surface area contributed by atoms with Crippen LogP contribution in [0.1, 0.15) is 39.2 Å². The Kier molecular flexibility index (Phi) is 5.89. The lowest BCUT2D eigenvalue weighted by Gasteiger charge is -2.17. The molecule has 2 unspecified atom stereocenters. The average Bonchev–Trinajstić information content (AvgIpc) is 2.35. The van der Waals surface area contributed by atoms with Crippen LogP contribution in [0.25, 0.3) is 0 Å². The largest absolute Gasteiger partial charge is 0.310 e. The van der Waals surface area contributed by atoms with Gasteiger partial charge in [0.05, 0.1) is 4.92 Å². The van der Waals surface area contributed by atoms with Crippen LogP contribution in [0.15, 0.2) is 18.2 Å². The normalized spacial score (nSPS) is 14.1. The van der Waals surface area contributed by atoms with E-state index in [-0.39, 0.29) is 11.7 Å². The van der Waals surface area contributed by atoms with Gasteiger partial charge in [0, 0.05) is 24.2 Å². The van der Waals surface area contributed by atoms with Crippen molar-refractivity contribution in [1.82, 2.24) is 5.32 Å². The molecule has 0 spiro atoms. The molecule has 0 aliphatic heterocycles. The van der Waals surface area contributed by atoms with Gasteiger partial charge in [0.15, 0.2) is 0 Å². The molecule has 19 heavy (non-hydrogen) atoms. The minimum atomic E-state index is -0.476. The standard InChI is InChI=1S/C14H21FN2O2/c1-4-10(2)7-11(3)16-9-12-8-13(15)5-6-14(12)17(18)19/h5-6,8,10-11,16H,4,7,9H2,1-3H3. The van der Waals surface area contributed by atoms with Crippen LogP contribution in [-0.4, -0.2) is 11.0 Å². The van der Waals surface area contributed by atoms with Gasteiger partial charge in [-0.25, -0.2) is 4.39 Å². The van der Waals surface area contributed by atoms with Gasteiger partial charge >= 0.3 is 0 Å². The Bertz CT molecular complexity index is 437. The van der Waals surface area contributed by atoms with Crippen LogP contribution < -0.4 is 5.32 Å². The molecular weight excluding hydrogens is 247 g/mol. The molecule has 0 aliphatic carbocycles. The zero-order valence-corrected chi connectivity index (χ0v) is 11.6. The number of halogens is 1. The predicted octanol–water partition coefficient (Wildman–Crippen LogP) is 3.65.